The van der Waals surface area contributed by atoms with Gasteiger partial charge in [-0.05, 0) is 18.2 Å². The lowest BCUT2D eigenvalue weighted by atomic mass is 10.1. The number of fused-ring (bicyclic) bond motifs is 3. The van der Waals surface area contributed by atoms with Crippen molar-refractivity contribution in [2.45, 2.75) is 6.04 Å². The molecule has 2 aromatic rings. The van der Waals surface area contributed by atoms with Crippen LogP contribution >= 0.6 is 15.9 Å². The molecule has 2 aliphatic heterocycles. The molecule has 0 saturated heterocycles. The van der Waals surface area contributed by atoms with Gasteiger partial charge >= 0.3 is 11.9 Å². The number of rotatable bonds is 2. The van der Waals surface area contributed by atoms with Gasteiger partial charge in [-0.3, -0.25) is 4.79 Å². The number of imide groups is 1. The van der Waals surface area contributed by atoms with E-state index < -0.39 is 12.1 Å². The highest BCUT2D eigenvalue weighted by molar-refractivity contribution is 9.10. The van der Waals surface area contributed by atoms with Crippen LogP contribution in [-0.2, 0) is 4.79 Å². The topological polar surface area (TPSA) is 83.6 Å². The molecule has 3 heterocycles. The Hall–Kier alpha value is -2.75. The van der Waals surface area contributed by atoms with E-state index in [2.05, 4.69) is 26.1 Å². The van der Waals surface area contributed by atoms with Crippen molar-refractivity contribution in [3.63, 3.8) is 0 Å². The Morgan fingerprint density at radius 1 is 1.23 bits per heavy atom. The number of carbonyl (C=O) groups is 2. The minimum Gasteiger partial charge on any atom is -0.496 e. The van der Waals surface area contributed by atoms with Gasteiger partial charge in [0.05, 0.1) is 26.8 Å². The van der Waals surface area contributed by atoms with Crippen molar-refractivity contribution in [1.29, 1.82) is 0 Å². The van der Waals surface area contributed by atoms with Crippen LogP contribution in [-0.4, -0.2) is 76.3 Å². The summed E-state index contributed by atoms with van der Waals surface area (Å²) in [5.41, 5.74) is 0.703. The molecule has 1 aromatic carbocycles. The molecule has 10 heteroatoms. The van der Waals surface area contributed by atoms with Gasteiger partial charge in [-0.15, -0.1) is 5.10 Å². The lowest BCUT2D eigenvalue weighted by Gasteiger charge is -2.24. The van der Waals surface area contributed by atoms with Crippen LogP contribution in [0.2, 0.25) is 0 Å². The molecule has 134 valence electrons. The number of likely N-dealkylation sites (N-methyl/N-ethyl adjacent to an activating group) is 2. The molecule has 1 unspecified atom stereocenters. The first-order valence-corrected chi connectivity index (χ1v) is 8.60. The summed E-state index contributed by atoms with van der Waals surface area (Å²) in [5, 5.41) is 8.53. The number of hydrogen-bond donors (Lipinski definition) is 0. The SMILES string of the molecule is COc1ccc(Br)cc1-c1nnc2n1C1=[N+](C)C(=O)N(C)C(=O)C1N2C. The number of amides is 3. The number of halogens is 1. The standard InChI is InChI=1S/C16H16BrN6O3/c1-20-11-13(21(2)16(25)22(3)14(11)24)23-12(18-19-15(20)23)9-7-8(17)5-6-10(9)26-4/h5-7,11H,1-4H3/q+1. The molecule has 1 aromatic heterocycles. The first kappa shape index (κ1) is 16.7. The number of urea groups is 1. The summed E-state index contributed by atoms with van der Waals surface area (Å²) in [6.45, 7) is 0. The van der Waals surface area contributed by atoms with Crippen LogP contribution < -0.4 is 9.64 Å². The van der Waals surface area contributed by atoms with E-state index in [0.29, 0.717) is 28.9 Å². The first-order valence-electron chi connectivity index (χ1n) is 7.81. The Kier molecular flexibility index (Phi) is 3.62. The van der Waals surface area contributed by atoms with Gasteiger partial charge in [-0.2, -0.15) is 9.47 Å². The zero-order valence-corrected chi connectivity index (χ0v) is 16.2. The van der Waals surface area contributed by atoms with E-state index in [1.165, 1.54) is 11.6 Å². The molecular formula is C16H16BrN6O3+. The van der Waals surface area contributed by atoms with Gasteiger partial charge in [-0.25, -0.2) is 9.37 Å². The van der Waals surface area contributed by atoms with Gasteiger partial charge in [0.25, 0.3) is 5.95 Å². The quantitative estimate of drug-likeness (QED) is 0.675. The second-order valence-corrected chi connectivity index (χ2v) is 7.03. The predicted molar refractivity (Wildman–Crippen MR) is 96.7 cm³/mol. The summed E-state index contributed by atoms with van der Waals surface area (Å²) in [6, 6.07) is 4.51. The highest BCUT2D eigenvalue weighted by Gasteiger charge is 2.54. The summed E-state index contributed by atoms with van der Waals surface area (Å²) < 4.78 is 9.49. The Morgan fingerprint density at radius 2 is 1.96 bits per heavy atom. The van der Waals surface area contributed by atoms with E-state index in [1.807, 2.05) is 18.2 Å². The number of hydrogen-bond acceptors (Lipinski definition) is 6. The Balaban J connectivity index is 2.00. The summed E-state index contributed by atoms with van der Waals surface area (Å²) >= 11 is 3.46. The average molecular weight is 420 g/mol. The van der Waals surface area contributed by atoms with E-state index in [9.17, 15) is 9.59 Å². The molecule has 26 heavy (non-hydrogen) atoms. The van der Waals surface area contributed by atoms with Crippen molar-refractivity contribution >= 4 is 39.7 Å². The molecule has 3 amide bonds. The Morgan fingerprint density at radius 3 is 2.65 bits per heavy atom. The molecular weight excluding hydrogens is 404 g/mol. The molecule has 0 fully saturated rings. The molecule has 0 radical (unpaired) electrons. The van der Waals surface area contributed by atoms with Crippen LogP contribution in [0, 0.1) is 0 Å². The third-order valence-electron chi connectivity index (χ3n) is 4.71. The number of ether oxygens (including phenoxy) is 1. The number of anilines is 1. The number of carbonyl (C=O) groups excluding carboxylic acids is 2. The van der Waals surface area contributed by atoms with Crippen LogP contribution in [0.15, 0.2) is 22.7 Å². The second-order valence-electron chi connectivity index (χ2n) is 6.11. The van der Waals surface area contributed by atoms with Gasteiger partial charge < -0.3 is 9.64 Å². The van der Waals surface area contributed by atoms with E-state index in [4.69, 9.17) is 4.74 Å². The van der Waals surface area contributed by atoms with Crippen LogP contribution in [0.1, 0.15) is 0 Å². The minimum absolute atomic E-state index is 0.303. The molecule has 0 aliphatic carbocycles. The second kappa shape index (κ2) is 5.63. The molecule has 0 saturated carbocycles. The van der Waals surface area contributed by atoms with Gasteiger partial charge in [0.2, 0.25) is 17.7 Å². The number of methoxy groups -OCH3 is 1. The highest BCUT2D eigenvalue weighted by Crippen LogP contribution is 2.36. The normalized spacial score (nSPS) is 19.2. The molecule has 0 bridgehead atoms. The minimum atomic E-state index is -0.634. The maximum atomic E-state index is 12.7. The van der Waals surface area contributed by atoms with Crippen molar-refractivity contribution in [1.82, 2.24) is 19.7 Å². The molecule has 4 rings (SSSR count). The number of nitrogens with zero attached hydrogens (tertiary/aromatic N) is 6. The number of benzene rings is 1. The van der Waals surface area contributed by atoms with Crippen LogP contribution in [0.5, 0.6) is 5.75 Å². The average Bonchev–Trinajstić information content (AvgIpc) is 3.17. The Bertz CT molecular complexity index is 998. The zero-order valence-electron chi connectivity index (χ0n) is 14.6. The summed E-state index contributed by atoms with van der Waals surface area (Å²) in [4.78, 5) is 28.0. The highest BCUT2D eigenvalue weighted by atomic mass is 79.9. The Labute approximate surface area is 157 Å². The lowest BCUT2D eigenvalue weighted by Crippen LogP contribution is -2.59. The van der Waals surface area contributed by atoms with Crippen LogP contribution in [0.4, 0.5) is 10.7 Å². The third-order valence-corrected chi connectivity index (χ3v) is 5.20. The van der Waals surface area contributed by atoms with E-state index in [0.717, 1.165) is 9.37 Å². The smallest absolute Gasteiger partial charge is 0.445 e. The zero-order chi connectivity index (χ0) is 18.7. The third kappa shape index (κ3) is 2.05. The van der Waals surface area contributed by atoms with Crippen molar-refractivity contribution in [2.24, 2.45) is 0 Å². The summed E-state index contributed by atoms with van der Waals surface area (Å²) in [6.07, 6.45) is 0. The van der Waals surface area contributed by atoms with E-state index >= 15 is 0 Å². The van der Waals surface area contributed by atoms with E-state index in [-0.39, 0.29) is 5.91 Å². The van der Waals surface area contributed by atoms with Crippen molar-refractivity contribution in [2.75, 3.05) is 33.2 Å². The fraction of sp³-hybridized carbons (Fsp3) is 0.312. The predicted octanol–water partition coefficient (Wildman–Crippen LogP) is 1.02. The summed E-state index contributed by atoms with van der Waals surface area (Å²) in [7, 11) is 6.45. The van der Waals surface area contributed by atoms with Crippen LogP contribution in [0.25, 0.3) is 11.4 Å². The maximum Gasteiger partial charge on any atom is 0.445 e. The van der Waals surface area contributed by atoms with Crippen molar-refractivity contribution in [3.8, 4) is 17.1 Å². The fourth-order valence-corrected chi connectivity index (χ4v) is 3.73. The van der Waals surface area contributed by atoms with Crippen LogP contribution in [0.3, 0.4) is 0 Å². The van der Waals surface area contributed by atoms with Gasteiger partial charge in [0.1, 0.15) is 5.75 Å². The molecule has 0 N–H and O–H groups in total. The summed E-state index contributed by atoms with van der Waals surface area (Å²) in [5.74, 6) is 1.81. The van der Waals surface area contributed by atoms with Crippen molar-refractivity contribution in [3.05, 3.63) is 22.7 Å². The first-order chi connectivity index (χ1) is 12.4. The molecule has 0 spiro atoms. The molecule has 2 aliphatic rings. The van der Waals surface area contributed by atoms with Gasteiger partial charge in [0.15, 0.2) is 0 Å². The largest absolute Gasteiger partial charge is 0.496 e. The van der Waals surface area contributed by atoms with Gasteiger partial charge in [0, 0.05) is 11.5 Å². The lowest BCUT2D eigenvalue weighted by molar-refractivity contribution is -0.407. The molecule has 9 nitrogen and oxygen atoms in total. The van der Waals surface area contributed by atoms with Crippen molar-refractivity contribution < 1.29 is 18.9 Å². The molecule has 1 atom stereocenters. The van der Waals surface area contributed by atoms with E-state index in [1.54, 1.807) is 30.7 Å². The maximum absolute atomic E-state index is 12.7. The fourth-order valence-electron chi connectivity index (χ4n) is 3.37. The van der Waals surface area contributed by atoms with Gasteiger partial charge in [-0.1, -0.05) is 21.0 Å². The monoisotopic (exact) mass is 419 g/mol. The number of aromatic nitrogens is 3.